The number of rotatable bonds is 3. The zero-order chi connectivity index (χ0) is 12.4. The predicted octanol–water partition coefficient (Wildman–Crippen LogP) is 1.06. The van der Waals surface area contributed by atoms with Crippen LogP contribution in [0.25, 0.3) is 11.5 Å². The maximum absolute atomic E-state index is 11.5. The van der Waals surface area contributed by atoms with Gasteiger partial charge in [-0.3, -0.25) is 4.79 Å². The van der Waals surface area contributed by atoms with E-state index in [1.165, 1.54) is 6.92 Å². The molecule has 0 aromatic carbocycles. The van der Waals surface area contributed by atoms with Crippen molar-refractivity contribution < 1.29 is 5.11 Å². The first-order valence-electron chi connectivity index (χ1n) is 5.44. The Morgan fingerprint density at radius 1 is 1.53 bits per heavy atom. The van der Waals surface area contributed by atoms with Crippen LogP contribution in [0.5, 0.6) is 5.88 Å². The average molecular weight is 234 g/mol. The third-order valence-electron chi connectivity index (χ3n) is 2.55. The van der Waals surface area contributed by atoms with Crippen molar-refractivity contribution in [3.8, 4) is 17.4 Å². The molecule has 6 heteroatoms. The van der Waals surface area contributed by atoms with E-state index in [2.05, 4.69) is 15.0 Å². The van der Waals surface area contributed by atoms with Gasteiger partial charge in [0.05, 0.1) is 18.1 Å². The molecule has 0 fully saturated rings. The highest BCUT2D eigenvalue weighted by Gasteiger charge is 2.11. The molecule has 2 rings (SSSR count). The van der Waals surface area contributed by atoms with E-state index in [0.717, 1.165) is 13.0 Å². The van der Waals surface area contributed by atoms with Crippen molar-refractivity contribution in [1.29, 1.82) is 0 Å². The van der Waals surface area contributed by atoms with Crippen molar-refractivity contribution in [3.05, 3.63) is 28.4 Å². The molecule has 0 radical (unpaired) electrons. The maximum Gasteiger partial charge on any atom is 0.257 e. The van der Waals surface area contributed by atoms with Gasteiger partial charge in [-0.25, -0.2) is 4.98 Å². The Kier molecular flexibility index (Phi) is 2.95. The van der Waals surface area contributed by atoms with E-state index >= 15 is 0 Å². The Morgan fingerprint density at radius 3 is 2.94 bits per heavy atom. The molecular formula is C11H14N4O2. The number of aryl methyl sites for hydroxylation is 1. The Balaban J connectivity index is 2.53. The largest absolute Gasteiger partial charge is 0.493 e. The molecule has 2 aromatic heterocycles. The summed E-state index contributed by atoms with van der Waals surface area (Å²) in [4.78, 5) is 22.1. The number of H-pyrrole nitrogens is 1. The van der Waals surface area contributed by atoms with Crippen LogP contribution in [0, 0.1) is 6.92 Å². The number of aromatic hydroxyl groups is 1. The van der Waals surface area contributed by atoms with Gasteiger partial charge in [-0.2, -0.15) is 4.98 Å². The van der Waals surface area contributed by atoms with E-state index in [-0.39, 0.29) is 17.0 Å². The van der Waals surface area contributed by atoms with Gasteiger partial charge < -0.3 is 14.7 Å². The number of hydrogen-bond acceptors (Lipinski definition) is 4. The molecule has 0 atom stereocenters. The second kappa shape index (κ2) is 4.40. The van der Waals surface area contributed by atoms with Gasteiger partial charge in [0.15, 0.2) is 5.82 Å². The quantitative estimate of drug-likeness (QED) is 0.831. The number of imidazole rings is 1. The maximum atomic E-state index is 11.5. The summed E-state index contributed by atoms with van der Waals surface area (Å²) in [6.07, 6.45) is 4.24. The molecular weight excluding hydrogens is 220 g/mol. The highest BCUT2D eigenvalue weighted by atomic mass is 16.3. The van der Waals surface area contributed by atoms with Gasteiger partial charge in [0.2, 0.25) is 5.88 Å². The van der Waals surface area contributed by atoms with Crippen molar-refractivity contribution in [2.45, 2.75) is 26.8 Å². The molecule has 0 saturated carbocycles. The number of aromatic amines is 1. The van der Waals surface area contributed by atoms with Gasteiger partial charge in [-0.1, -0.05) is 6.92 Å². The van der Waals surface area contributed by atoms with E-state index in [4.69, 9.17) is 0 Å². The number of hydrogen-bond donors (Lipinski definition) is 2. The van der Waals surface area contributed by atoms with Gasteiger partial charge in [0, 0.05) is 6.54 Å². The predicted molar refractivity (Wildman–Crippen MR) is 62.8 cm³/mol. The molecule has 0 amide bonds. The highest BCUT2D eigenvalue weighted by Crippen LogP contribution is 2.17. The highest BCUT2D eigenvalue weighted by molar-refractivity contribution is 5.49. The molecule has 0 bridgehead atoms. The minimum absolute atomic E-state index is 0.218. The van der Waals surface area contributed by atoms with Crippen LogP contribution in [0.4, 0.5) is 0 Å². The molecule has 0 unspecified atom stereocenters. The summed E-state index contributed by atoms with van der Waals surface area (Å²) >= 11 is 0. The molecule has 17 heavy (non-hydrogen) atoms. The van der Waals surface area contributed by atoms with Crippen LogP contribution in [-0.2, 0) is 6.54 Å². The fraction of sp³-hybridized carbons (Fsp3) is 0.364. The van der Waals surface area contributed by atoms with Gasteiger partial charge in [-0.05, 0) is 13.3 Å². The van der Waals surface area contributed by atoms with Crippen molar-refractivity contribution in [3.63, 3.8) is 0 Å². The van der Waals surface area contributed by atoms with Crippen LogP contribution in [0.1, 0.15) is 18.9 Å². The van der Waals surface area contributed by atoms with E-state index in [1.807, 2.05) is 11.5 Å². The topological polar surface area (TPSA) is 83.8 Å². The lowest BCUT2D eigenvalue weighted by molar-refractivity contribution is 0.446. The number of nitrogens with one attached hydrogen (secondary N) is 1. The summed E-state index contributed by atoms with van der Waals surface area (Å²) in [5.74, 6) is 0.0945. The van der Waals surface area contributed by atoms with E-state index < -0.39 is 0 Å². The van der Waals surface area contributed by atoms with Crippen LogP contribution in [0.2, 0.25) is 0 Å². The van der Waals surface area contributed by atoms with Gasteiger partial charge in [0.1, 0.15) is 5.69 Å². The van der Waals surface area contributed by atoms with E-state index in [1.54, 1.807) is 12.5 Å². The van der Waals surface area contributed by atoms with Crippen LogP contribution in [0.3, 0.4) is 0 Å². The van der Waals surface area contributed by atoms with Gasteiger partial charge in [-0.15, -0.1) is 0 Å². The number of nitrogens with zero attached hydrogens (tertiary/aromatic N) is 3. The lowest BCUT2D eigenvalue weighted by Crippen LogP contribution is -2.13. The molecule has 90 valence electrons. The van der Waals surface area contributed by atoms with Crippen LogP contribution in [-0.4, -0.2) is 24.6 Å². The molecule has 0 aliphatic carbocycles. The normalized spacial score (nSPS) is 10.7. The third-order valence-corrected chi connectivity index (χ3v) is 2.55. The summed E-state index contributed by atoms with van der Waals surface area (Å²) in [5.41, 5.74) is 0.575. The Hall–Kier alpha value is -2.11. The summed E-state index contributed by atoms with van der Waals surface area (Å²) < 4.78 is 1.88. The van der Waals surface area contributed by atoms with Gasteiger partial charge >= 0.3 is 0 Å². The molecule has 2 aromatic rings. The van der Waals surface area contributed by atoms with Crippen molar-refractivity contribution in [2.24, 2.45) is 0 Å². The van der Waals surface area contributed by atoms with Gasteiger partial charge in [0.25, 0.3) is 5.56 Å². The molecule has 2 heterocycles. The zero-order valence-corrected chi connectivity index (χ0v) is 9.77. The third kappa shape index (κ3) is 2.06. The van der Waals surface area contributed by atoms with Crippen molar-refractivity contribution >= 4 is 0 Å². The first kappa shape index (κ1) is 11.4. The summed E-state index contributed by atoms with van der Waals surface area (Å²) in [7, 11) is 0. The summed E-state index contributed by atoms with van der Waals surface area (Å²) in [6.45, 7) is 4.36. The first-order valence-corrected chi connectivity index (χ1v) is 5.44. The minimum Gasteiger partial charge on any atom is -0.493 e. The van der Waals surface area contributed by atoms with Crippen molar-refractivity contribution in [1.82, 2.24) is 19.5 Å². The lowest BCUT2D eigenvalue weighted by Gasteiger charge is -2.06. The summed E-state index contributed by atoms with van der Waals surface area (Å²) in [5, 5.41) is 9.54. The Morgan fingerprint density at radius 2 is 2.29 bits per heavy atom. The molecule has 0 aliphatic heterocycles. The van der Waals surface area contributed by atoms with Crippen LogP contribution >= 0.6 is 0 Å². The first-order chi connectivity index (χ1) is 8.13. The van der Waals surface area contributed by atoms with E-state index in [0.29, 0.717) is 11.5 Å². The molecule has 6 nitrogen and oxygen atoms in total. The summed E-state index contributed by atoms with van der Waals surface area (Å²) in [6, 6.07) is 0. The smallest absolute Gasteiger partial charge is 0.257 e. The number of aromatic nitrogens is 4. The Bertz CT molecular complexity index is 585. The van der Waals surface area contributed by atoms with Crippen LogP contribution < -0.4 is 5.56 Å². The monoisotopic (exact) mass is 234 g/mol. The fourth-order valence-corrected chi connectivity index (χ4v) is 1.58. The molecule has 0 saturated heterocycles. The molecule has 0 spiro atoms. The minimum atomic E-state index is -0.336. The second-order valence-corrected chi connectivity index (χ2v) is 3.84. The fourth-order valence-electron chi connectivity index (χ4n) is 1.58. The average Bonchev–Trinajstić information content (AvgIpc) is 2.74. The standard InChI is InChI=1S/C11H14N4O2/c1-3-4-15-6-12-5-8(15)9-13-10(16)7(2)11(17)14-9/h5-6H,3-4H2,1-2H3,(H2,13,14,16,17). The SMILES string of the molecule is CCCn1cncc1-c1nc(O)c(C)c(=O)[nH]1. The van der Waals surface area contributed by atoms with Crippen LogP contribution in [0.15, 0.2) is 17.3 Å². The molecule has 2 N–H and O–H groups in total. The second-order valence-electron chi connectivity index (χ2n) is 3.84. The van der Waals surface area contributed by atoms with Crippen molar-refractivity contribution in [2.75, 3.05) is 0 Å². The Labute approximate surface area is 98.0 Å². The zero-order valence-electron chi connectivity index (χ0n) is 9.77. The molecule has 0 aliphatic rings. The lowest BCUT2D eigenvalue weighted by atomic mass is 10.3. The van der Waals surface area contributed by atoms with E-state index in [9.17, 15) is 9.90 Å².